The Labute approximate surface area is 115 Å². The standard InChI is InChI=1S/C12H16ClN3O3/c1-16-10(9(13)6-15-16)11(17)14-5-8(12(18)19)4-7-2-3-7/h6-8H,2-5H2,1H3,(H,14,17)(H,18,19). The SMILES string of the molecule is Cn1ncc(Cl)c1C(=O)NCC(CC1CC1)C(=O)O. The molecular formula is C12H16ClN3O3. The van der Waals surface area contributed by atoms with Crippen LogP contribution in [-0.4, -0.2) is 33.3 Å². The second-order valence-electron chi connectivity index (χ2n) is 4.89. The molecule has 7 heteroatoms. The van der Waals surface area contributed by atoms with E-state index in [1.165, 1.54) is 10.9 Å². The van der Waals surface area contributed by atoms with E-state index in [0.717, 1.165) is 12.8 Å². The highest BCUT2D eigenvalue weighted by Gasteiger charge is 2.29. The van der Waals surface area contributed by atoms with Crippen molar-refractivity contribution in [1.82, 2.24) is 15.1 Å². The molecule has 1 aromatic rings. The van der Waals surface area contributed by atoms with Crippen LogP contribution in [0.5, 0.6) is 0 Å². The third kappa shape index (κ3) is 3.47. The van der Waals surface area contributed by atoms with Gasteiger partial charge in [0.05, 0.1) is 17.1 Å². The molecule has 1 heterocycles. The summed E-state index contributed by atoms with van der Waals surface area (Å²) in [5.41, 5.74) is 0.247. The van der Waals surface area contributed by atoms with Crippen LogP contribution in [-0.2, 0) is 11.8 Å². The number of aromatic nitrogens is 2. The Kier molecular flexibility index (Phi) is 4.09. The number of carbonyl (C=O) groups is 2. The highest BCUT2D eigenvalue weighted by molar-refractivity contribution is 6.33. The number of carboxylic acids is 1. The van der Waals surface area contributed by atoms with E-state index in [9.17, 15) is 9.59 Å². The average molecular weight is 286 g/mol. The molecule has 0 saturated heterocycles. The first-order valence-corrected chi connectivity index (χ1v) is 6.55. The number of aryl methyl sites for hydroxylation is 1. The summed E-state index contributed by atoms with van der Waals surface area (Å²) in [4.78, 5) is 23.0. The summed E-state index contributed by atoms with van der Waals surface area (Å²) in [6.07, 6.45) is 4.18. The van der Waals surface area contributed by atoms with Crippen LogP contribution in [0, 0.1) is 11.8 Å². The third-order valence-corrected chi connectivity index (χ3v) is 3.56. The van der Waals surface area contributed by atoms with Crippen LogP contribution in [0.2, 0.25) is 5.02 Å². The predicted octanol–water partition coefficient (Wildman–Crippen LogP) is 1.30. The molecular weight excluding hydrogens is 270 g/mol. The van der Waals surface area contributed by atoms with Crippen LogP contribution in [0.25, 0.3) is 0 Å². The molecule has 0 bridgehead atoms. The first-order valence-electron chi connectivity index (χ1n) is 6.17. The van der Waals surface area contributed by atoms with Crippen LogP contribution in [0.15, 0.2) is 6.20 Å². The molecule has 1 unspecified atom stereocenters. The van der Waals surface area contributed by atoms with Gasteiger partial charge in [-0.05, 0) is 12.3 Å². The number of nitrogens with zero attached hydrogens (tertiary/aromatic N) is 2. The second-order valence-corrected chi connectivity index (χ2v) is 5.30. The highest BCUT2D eigenvalue weighted by atomic mass is 35.5. The van der Waals surface area contributed by atoms with Gasteiger partial charge in [-0.3, -0.25) is 14.3 Å². The van der Waals surface area contributed by atoms with Gasteiger partial charge in [0.25, 0.3) is 5.91 Å². The zero-order valence-electron chi connectivity index (χ0n) is 10.6. The van der Waals surface area contributed by atoms with Crippen molar-refractivity contribution in [3.8, 4) is 0 Å². The number of hydrogen-bond donors (Lipinski definition) is 2. The molecule has 2 rings (SSSR count). The van der Waals surface area contributed by atoms with Crippen LogP contribution < -0.4 is 5.32 Å². The van der Waals surface area contributed by atoms with Gasteiger partial charge in [-0.2, -0.15) is 5.10 Å². The zero-order chi connectivity index (χ0) is 14.0. The average Bonchev–Trinajstić information content (AvgIpc) is 3.09. The van der Waals surface area contributed by atoms with Crippen molar-refractivity contribution in [3.63, 3.8) is 0 Å². The van der Waals surface area contributed by atoms with Crippen LogP contribution in [0.3, 0.4) is 0 Å². The van der Waals surface area contributed by atoms with Crippen molar-refractivity contribution in [2.24, 2.45) is 18.9 Å². The first-order chi connectivity index (χ1) is 8.99. The monoisotopic (exact) mass is 285 g/mol. The topological polar surface area (TPSA) is 84.2 Å². The minimum absolute atomic E-state index is 0.117. The number of carbonyl (C=O) groups excluding carboxylic acids is 1. The number of hydrogen-bond acceptors (Lipinski definition) is 3. The van der Waals surface area contributed by atoms with E-state index >= 15 is 0 Å². The maximum Gasteiger partial charge on any atom is 0.308 e. The van der Waals surface area contributed by atoms with Crippen molar-refractivity contribution in [1.29, 1.82) is 0 Å². The molecule has 0 aromatic carbocycles. The van der Waals surface area contributed by atoms with Crippen LogP contribution in [0.1, 0.15) is 29.8 Å². The van der Waals surface area contributed by atoms with Crippen LogP contribution in [0.4, 0.5) is 0 Å². The van der Waals surface area contributed by atoms with E-state index in [-0.39, 0.29) is 17.3 Å². The minimum atomic E-state index is -0.872. The number of aliphatic carboxylic acids is 1. The van der Waals surface area contributed by atoms with Gasteiger partial charge in [0.1, 0.15) is 5.69 Å². The van der Waals surface area contributed by atoms with Gasteiger partial charge in [-0.1, -0.05) is 24.4 Å². The van der Waals surface area contributed by atoms with Crippen molar-refractivity contribution in [3.05, 3.63) is 16.9 Å². The Balaban J connectivity index is 1.93. The van der Waals surface area contributed by atoms with Crippen molar-refractivity contribution < 1.29 is 14.7 Å². The molecule has 19 heavy (non-hydrogen) atoms. The molecule has 0 spiro atoms. The summed E-state index contributed by atoms with van der Waals surface area (Å²) in [6.45, 7) is 0.117. The molecule has 1 aromatic heterocycles. The smallest absolute Gasteiger partial charge is 0.308 e. The highest BCUT2D eigenvalue weighted by Crippen LogP contribution is 2.35. The molecule has 0 radical (unpaired) electrons. The Morgan fingerprint density at radius 2 is 2.32 bits per heavy atom. The summed E-state index contributed by atoms with van der Waals surface area (Å²) >= 11 is 5.85. The molecule has 6 nitrogen and oxygen atoms in total. The summed E-state index contributed by atoms with van der Waals surface area (Å²) in [7, 11) is 1.61. The second kappa shape index (κ2) is 5.61. The molecule has 1 saturated carbocycles. The summed E-state index contributed by atoms with van der Waals surface area (Å²) in [5, 5.41) is 15.8. The fraction of sp³-hybridized carbons (Fsp3) is 0.583. The maximum absolute atomic E-state index is 11.9. The van der Waals surface area contributed by atoms with Gasteiger partial charge >= 0.3 is 5.97 Å². The Hall–Kier alpha value is -1.56. The Bertz CT molecular complexity index is 477. The molecule has 2 N–H and O–H groups in total. The molecule has 1 aliphatic carbocycles. The van der Waals surface area contributed by atoms with Gasteiger partial charge in [-0.25, -0.2) is 0 Å². The number of halogens is 1. The number of amides is 1. The lowest BCUT2D eigenvalue weighted by Gasteiger charge is -2.13. The molecule has 104 valence electrons. The zero-order valence-corrected chi connectivity index (χ0v) is 11.4. The van der Waals surface area contributed by atoms with Gasteiger partial charge < -0.3 is 10.4 Å². The lowest BCUT2D eigenvalue weighted by Crippen LogP contribution is -2.34. The van der Waals surface area contributed by atoms with E-state index in [2.05, 4.69) is 10.4 Å². The third-order valence-electron chi connectivity index (χ3n) is 3.28. The quantitative estimate of drug-likeness (QED) is 0.825. The van der Waals surface area contributed by atoms with Crippen LogP contribution >= 0.6 is 11.6 Å². The Morgan fingerprint density at radius 3 is 2.79 bits per heavy atom. The summed E-state index contributed by atoms with van der Waals surface area (Å²) in [5.74, 6) is -1.31. The van der Waals surface area contributed by atoms with Gasteiger partial charge in [-0.15, -0.1) is 0 Å². The van der Waals surface area contributed by atoms with E-state index in [0.29, 0.717) is 12.3 Å². The summed E-state index contributed by atoms with van der Waals surface area (Å²) < 4.78 is 1.37. The van der Waals surface area contributed by atoms with Crippen molar-refractivity contribution >= 4 is 23.5 Å². The van der Waals surface area contributed by atoms with Crippen molar-refractivity contribution in [2.75, 3.05) is 6.54 Å². The summed E-state index contributed by atoms with van der Waals surface area (Å²) in [6, 6.07) is 0. The lowest BCUT2D eigenvalue weighted by atomic mass is 10.0. The van der Waals surface area contributed by atoms with Crippen molar-refractivity contribution in [2.45, 2.75) is 19.3 Å². The van der Waals surface area contributed by atoms with E-state index < -0.39 is 17.8 Å². The normalized spacial score (nSPS) is 16.1. The van der Waals surface area contributed by atoms with E-state index in [1.54, 1.807) is 7.05 Å². The lowest BCUT2D eigenvalue weighted by molar-refractivity contribution is -0.141. The first kappa shape index (κ1) is 13.9. The van der Waals surface area contributed by atoms with E-state index in [4.69, 9.17) is 16.7 Å². The fourth-order valence-electron chi connectivity index (χ4n) is 1.99. The molecule has 1 aliphatic rings. The molecule has 1 amide bonds. The van der Waals surface area contributed by atoms with Gasteiger partial charge in [0.2, 0.25) is 0 Å². The number of carboxylic acid groups (broad SMARTS) is 1. The minimum Gasteiger partial charge on any atom is -0.481 e. The maximum atomic E-state index is 11.9. The predicted molar refractivity (Wildman–Crippen MR) is 69.0 cm³/mol. The molecule has 1 atom stereocenters. The molecule has 0 aliphatic heterocycles. The number of rotatable bonds is 6. The van der Waals surface area contributed by atoms with E-state index in [1.807, 2.05) is 0 Å². The Morgan fingerprint density at radius 1 is 1.63 bits per heavy atom. The fourth-order valence-corrected chi connectivity index (χ4v) is 2.24. The number of nitrogens with one attached hydrogen (secondary N) is 1. The van der Waals surface area contributed by atoms with Gasteiger partial charge in [0.15, 0.2) is 0 Å². The van der Waals surface area contributed by atoms with Gasteiger partial charge in [0, 0.05) is 13.6 Å². The molecule has 1 fully saturated rings. The largest absolute Gasteiger partial charge is 0.481 e.